The van der Waals surface area contributed by atoms with Gasteiger partial charge in [-0.1, -0.05) is 31.5 Å². The van der Waals surface area contributed by atoms with E-state index >= 15 is 0 Å². The van der Waals surface area contributed by atoms with Crippen molar-refractivity contribution in [1.82, 2.24) is 14.7 Å². The fourth-order valence-electron chi connectivity index (χ4n) is 3.73. The average molecular weight is 362 g/mol. The van der Waals surface area contributed by atoms with Crippen molar-refractivity contribution in [3.05, 3.63) is 64.7 Å². The fourth-order valence-corrected chi connectivity index (χ4v) is 3.73. The second-order valence-electron chi connectivity index (χ2n) is 7.19. The van der Waals surface area contributed by atoms with E-state index in [4.69, 9.17) is 4.98 Å². The predicted octanol–water partition coefficient (Wildman–Crippen LogP) is 3.48. The molecule has 5 nitrogen and oxygen atoms in total. The van der Waals surface area contributed by atoms with E-state index in [1.165, 1.54) is 0 Å². The lowest BCUT2D eigenvalue weighted by Gasteiger charge is -2.15. The van der Waals surface area contributed by atoms with E-state index in [9.17, 15) is 4.79 Å². The Hall–Kier alpha value is -2.66. The van der Waals surface area contributed by atoms with Crippen molar-refractivity contribution in [3.63, 3.8) is 0 Å². The van der Waals surface area contributed by atoms with E-state index < -0.39 is 0 Å². The Balaban J connectivity index is 1.79. The molecule has 27 heavy (non-hydrogen) atoms. The Kier molecular flexibility index (Phi) is 5.21. The van der Waals surface area contributed by atoms with Crippen molar-refractivity contribution in [2.24, 2.45) is 0 Å². The summed E-state index contributed by atoms with van der Waals surface area (Å²) in [6, 6.07) is 14.3. The third kappa shape index (κ3) is 3.74. The Labute approximate surface area is 159 Å². The molecular weight excluding hydrogens is 336 g/mol. The molecule has 1 aromatic carbocycles. The molecule has 2 aromatic heterocycles. The molecule has 1 atom stereocenters. The fraction of sp³-hybridized carbons (Fsp3) is 0.364. The monoisotopic (exact) mass is 362 g/mol. The number of pyridine rings is 1. The van der Waals surface area contributed by atoms with Gasteiger partial charge in [0.05, 0.1) is 11.3 Å². The van der Waals surface area contributed by atoms with Gasteiger partial charge in [-0.15, -0.1) is 0 Å². The van der Waals surface area contributed by atoms with Crippen LogP contribution in [0, 0.1) is 0 Å². The summed E-state index contributed by atoms with van der Waals surface area (Å²) >= 11 is 0. The normalized spacial score (nSPS) is 16.7. The Morgan fingerprint density at radius 1 is 1.26 bits per heavy atom. The van der Waals surface area contributed by atoms with Crippen LogP contribution in [0.25, 0.3) is 16.8 Å². The summed E-state index contributed by atoms with van der Waals surface area (Å²) in [4.78, 5) is 18.1. The third-order valence-electron chi connectivity index (χ3n) is 5.16. The molecule has 0 bridgehead atoms. The van der Waals surface area contributed by atoms with E-state index in [-0.39, 0.29) is 5.56 Å². The summed E-state index contributed by atoms with van der Waals surface area (Å²) in [6.45, 7) is 4.19. The summed E-state index contributed by atoms with van der Waals surface area (Å²) in [7, 11) is 0. The molecule has 1 saturated heterocycles. The van der Waals surface area contributed by atoms with Gasteiger partial charge in [0, 0.05) is 24.5 Å². The van der Waals surface area contributed by atoms with Gasteiger partial charge in [0.2, 0.25) is 0 Å². The molecule has 140 valence electrons. The lowest BCUT2D eigenvalue weighted by Crippen LogP contribution is -2.22. The number of aromatic nitrogens is 2. The van der Waals surface area contributed by atoms with Crippen molar-refractivity contribution >= 4 is 11.3 Å². The van der Waals surface area contributed by atoms with Crippen molar-refractivity contribution in [1.29, 1.82) is 0 Å². The van der Waals surface area contributed by atoms with E-state index in [1.807, 2.05) is 30.3 Å². The van der Waals surface area contributed by atoms with Gasteiger partial charge in [0.25, 0.3) is 5.56 Å². The molecule has 0 spiro atoms. The molecule has 0 saturated carbocycles. The summed E-state index contributed by atoms with van der Waals surface area (Å²) < 4.78 is 1.64. The molecule has 0 amide bonds. The van der Waals surface area contributed by atoms with Crippen LogP contribution in [0.1, 0.15) is 31.9 Å². The van der Waals surface area contributed by atoms with Crippen molar-refractivity contribution in [2.75, 3.05) is 18.4 Å². The number of unbranched alkanes of at least 4 members (excludes halogenated alkanes) is 1. The van der Waals surface area contributed by atoms with Crippen molar-refractivity contribution in [2.45, 2.75) is 38.6 Å². The molecule has 1 fully saturated rings. The lowest BCUT2D eigenvalue weighted by atomic mass is 10.0. The molecule has 0 aliphatic carbocycles. The zero-order chi connectivity index (χ0) is 18.6. The van der Waals surface area contributed by atoms with Gasteiger partial charge >= 0.3 is 0 Å². The molecular formula is C22H26N4O. The van der Waals surface area contributed by atoms with E-state index in [0.29, 0.717) is 11.7 Å². The van der Waals surface area contributed by atoms with Gasteiger partial charge in [0.1, 0.15) is 5.65 Å². The van der Waals surface area contributed by atoms with Crippen LogP contribution < -0.4 is 16.2 Å². The lowest BCUT2D eigenvalue weighted by molar-refractivity contribution is 0.774. The molecule has 4 rings (SSSR count). The molecule has 1 aliphatic heterocycles. The number of rotatable bonds is 6. The Morgan fingerprint density at radius 3 is 3.00 bits per heavy atom. The number of fused-ring (bicyclic) bond motifs is 1. The van der Waals surface area contributed by atoms with Crippen LogP contribution in [0.5, 0.6) is 0 Å². The maximum atomic E-state index is 13.3. The highest BCUT2D eigenvalue weighted by Crippen LogP contribution is 2.25. The topological polar surface area (TPSA) is 58.4 Å². The zero-order valence-corrected chi connectivity index (χ0v) is 15.7. The summed E-state index contributed by atoms with van der Waals surface area (Å²) in [6.07, 6.45) is 5.83. The maximum Gasteiger partial charge on any atom is 0.265 e. The van der Waals surface area contributed by atoms with Crippen LogP contribution in [0.15, 0.2) is 53.5 Å². The maximum absolute atomic E-state index is 13.3. The number of hydrogen-bond donors (Lipinski definition) is 2. The highest BCUT2D eigenvalue weighted by molar-refractivity contribution is 5.70. The predicted molar refractivity (Wildman–Crippen MR) is 110 cm³/mol. The minimum atomic E-state index is 0.00591. The van der Waals surface area contributed by atoms with E-state index in [2.05, 4.69) is 29.7 Å². The first-order chi connectivity index (χ1) is 13.3. The van der Waals surface area contributed by atoms with Crippen LogP contribution in [0.4, 0.5) is 5.69 Å². The Bertz CT molecular complexity index is 989. The second-order valence-corrected chi connectivity index (χ2v) is 7.19. The summed E-state index contributed by atoms with van der Waals surface area (Å²) in [5, 5.41) is 6.95. The number of benzene rings is 1. The minimum absolute atomic E-state index is 0.00591. The number of anilines is 1. The van der Waals surface area contributed by atoms with Gasteiger partial charge in [-0.3, -0.25) is 9.20 Å². The van der Waals surface area contributed by atoms with Crippen LogP contribution in [-0.4, -0.2) is 28.5 Å². The minimum Gasteiger partial charge on any atom is -0.381 e. The first-order valence-corrected chi connectivity index (χ1v) is 9.84. The molecule has 0 radical (unpaired) electrons. The van der Waals surface area contributed by atoms with Crippen molar-refractivity contribution < 1.29 is 0 Å². The van der Waals surface area contributed by atoms with Gasteiger partial charge in [-0.25, -0.2) is 4.98 Å². The molecule has 5 heteroatoms. The Morgan fingerprint density at radius 2 is 2.19 bits per heavy atom. The molecule has 3 heterocycles. The van der Waals surface area contributed by atoms with Gasteiger partial charge in [-0.2, -0.15) is 0 Å². The first-order valence-electron chi connectivity index (χ1n) is 9.84. The number of nitrogens with one attached hydrogen (secondary N) is 2. The van der Waals surface area contributed by atoms with E-state index in [1.54, 1.807) is 10.6 Å². The molecule has 1 aliphatic rings. The number of hydrogen-bond acceptors (Lipinski definition) is 4. The highest BCUT2D eigenvalue weighted by atomic mass is 16.1. The quantitative estimate of drug-likeness (QED) is 0.705. The number of aryl methyl sites for hydroxylation is 1. The zero-order valence-electron chi connectivity index (χ0n) is 15.7. The third-order valence-corrected chi connectivity index (χ3v) is 5.16. The SMILES string of the molecule is CCCCc1nc2ccccn2c(=O)c1-c1cccc(NC2CCNC2)c1. The van der Waals surface area contributed by atoms with Crippen LogP contribution in [0.3, 0.4) is 0 Å². The highest BCUT2D eigenvalue weighted by Gasteiger charge is 2.17. The van der Waals surface area contributed by atoms with Gasteiger partial charge < -0.3 is 10.6 Å². The van der Waals surface area contributed by atoms with Crippen LogP contribution in [-0.2, 0) is 6.42 Å². The largest absolute Gasteiger partial charge is 0.381 e. The second kappa shape index (κ2) is 7.92. The van der Waals surface area contributed by atoms with Gasteiger partial charge in [0.15, 0.2) is 0 Å². The first kappa shape index (κ1) is 17.7. The smallest absolute Gasteiger partial charge is 0.265 e. The van der Waals surface area contributed by atoms with Crippen molar-refractivity contribution in [3.8, 4) is 11.1 Å². The molecule has 3 aromatic rings. The van der Waals surface area contributed by atoms with Crippen LogP contribution in [0.2, 0.25) is 0 Å². The average Bonchev–Trinajstić information content (AvgIpc) is 3.19. The van der Waals surface area contributed by atoms with Gasteiger partial charge in [-0.05, 0) is 55.6 Å². The standard InChI is InChI=1S/C22H26N4O/c1-2-3-9-19-21(22(27)26-13-5-4-10-20(26)25-19)16-7-6-8-17(14-16)24-18-11-12-23-15-18/h4-8,10,13-14,18,23-24H,2-3,9,11-12,15H2,1H3. The summed E-state index contributed by atoms with van der Waals surface area (Å²) in [5.74, 6) is 0. The molecule has 1 unspecified atom stereocenters. The van der Waals surface area contributed by atoms with Crippen LogP contribution >= 0.6 is 0 Å². The van der Waals surface area contributed by atoms with E-state index in [0.717, 1.165) is 61.3 Å². The molecule has 2 N–H and O–H groups in total. The number of nitrogens with zero attached hydrogens (tertiary/aromatic N) is 2. The summed E-state index contributed by atoms with van der Waals surface area (Å²) in [5.41, 5.74) is 4.33.